The van der Waals surface area contributed by atoms with E-state index in [2.05, 4.69) is 0 Å². The molecule has 2 rings (SSSR count). The van der Waals surface area contributed by atoms with Crippen LogP contribution in [-0.4, -0.2) is 19.1 Å². The van der Waals surface area contributed by atoms with E-state index < -0.39 is 6.04 Å². The highest BCUT2D eigenvalue weighted by Gasteiger charge is 2.22. The van der Waals surface area contributed by atoms with E-state index in [9.17, 15) is 4.79 Å². The maximum absolute atomic E-state index is 12.8. The lowest BCUT2D eigenvalue weighted by Crippen LogP contribution is -2.43. The smallest absolute Gasteiger partial charge is 0.244 e. The van der Waals surface area contributed by atoms with E-state index in [4.69, 9.17) is 10.5 Å². The van der Waals surface area contributed by atoms with Gasteiger partial charge >= 0.3 is 0 Å². The number of methoxy groups -OCH3 is 1. The molecular formula is C19H25ClN2O2. The van der Waals surface area contributed by atoms with Crippen LogP contribution in [0, 0.1) is 0 Å². The third-order valence-corrected chi connectivity index (χ3v) is 3.75. The first-order valence-corrected chi connectivity index (χ1v) is 7.90. The Morgan fingerprint density at radius 3 is 2.29 bits per heavy atom. The molecule has 1 amide bonds. The van der Waals surface area contributed by atoms with Gasteiger partial charge in [0.15, 0.2) is 0 Å². The van der Waals surface area contributed by atoms with Crippen molar-refractivity contribution in [1.82, 2.24) is 0 Å². The summed E-state index contributed by atoms with van der Waals surface area (Å²) in [5.41, 5.74) is 7.95. The number of rotatable bonds is 7. The summed E-state index contributed by atoms with van der Waals surface area (Å²) in [6.45, 7) is 2.53. The summed E-state index contributed by atoms with van der Waals surface area (Å²) in [7, 11) is 1.62. The van der Waals surface area contributed by atoms with E-state index in [0.717, 1.165) is 23.4 Å². The molecule has 0 aromatic heterocycles. The lowest BCUT2D eigenvalue weighted by atomic mass is 10.1. The maximum atomic E-state index is 12.8. The van der Waals surface area contributed by atoms with E-state index in [1.165, 1.54) is 0 Å². The molecule has 0 aliphatic rings. The quantitative estimate of drug-likeness (QED) is 0.828. The van der Waals surface area contributed by atoms with Crippen molar-refractivity contribution in [1.29, 1.82) is 0 Å². The van der Waals surface area contributed by atoms with E-state index in [-0.39, 0.29) is 18.3 Å². The number of anilines is 1. The standard InChI is InChI=1S/C19H24N2O2.ClH/c1-3-7-18(20)19(22)21(14-15-8-5-4-6-9-15)16-10-12-17(23-2)13-11-16;/h4-6,8-13,18H,3,7,14,20H2,1-2H3;1H. The van der Waals surface area contributed by atoms with Gasteiger partial charge in [-0.25, -0.2) is 0 Å². The molecule has 0 bridgehead atoms. The van der Waals surface area contributed by atoms with Gasteiger partial charge in [-0.05, 0) is 36.2 Å². The summed E-state index contributed by atoms with van der Waals surface area (Å²) >= 11 is 0. The van der Waals surface area contributed by atoms with Crippen molar-refractivity contribution in [2.75, 3.05) is 12.0 Å². The van der Waals surface area contributed by atoms with Crippen LogP contribution < -0.4 is 15.4 Å². The molecule has 24 heavy (non-hydrogen) atoms. The van der Waals surface area contributed by atoms with Gasteiger partial charge in [-0.15, -0.1) is 12.4 Å². The fraction of sp³-hybridized carbons (Fsp3) is 0.316. The number of amides is 1. The van der Waals surface area contributed by atoms with Crippen LogP contribution in [-0.2, 0) is 11.3 Å². The zero-order chi connectivity index (χ0) is 16.7. The fourth-order valence-electron chi connectivity index (χ4n) is 2.46. The predicted molar refractivity (Wildman–Crippen MR) is 101 cm³/mol. The molecule has 0 radical (unpaired) electrons. The molecule has 2 aromatic rings. The molecule has 0 spiro atoms. The molecule has 0 fully saturated rings. The average Bonchev–Trinajstić information content (AvgIpc) is 2.60. The Labute approximate surface area is 150 Å². The van der Waals surface area contributed by atoms with Crippen LogP contribution in [0.3, 0.4) is 0 Å². The largest absolute Gasteiger partial charge is 0.497 e. The van der Waals surface area contributed by atoms with Gasteiger partial charge in [0.1, 0.15) is 5.75 Å². The fourth-order valence-corrected chi connectivity index (χ4v) is 2.46. The van der Waals surface area contributed by atoms with Gasteiger partial charge in [-0.1, -0.05) is 43.7 Å². The second-order valence-electron chi connectivity index (χ2n) is 5.50. The zero-order valence-electron chi connectivity index (χ0n) is 14.1. The Morgan fingerprint density at radius 2 is 1.75 bits per heavy atom. The van der Waals surface area contributed by atoms with Gasteiger partial charge in [-0.2, -0.15) is 0 Å². The van der Waals surface area contributed by atoms with Crippen LogP contribution in [0.1, 0.15) is 25.3 Å². The second kappa shape index (κ2) is 9.96. The SMILES string of the molecule is CCCC(N)C(=O)N(Cc1ccccc1)c1ccc(OC)cc1.Cl. The number of nitrogens with two attached hydrogens (primary N) is 1. The van der Waals surface area contributed by atoms with Crippen molar-refractivity contribution < 1.29 is 9.53 Å². The molecule has 0 heterocycles. The number of carbonyl (C=O) groups excluding carboxylic acids is 1. The number of ether oxygens (including phenoxy) is 1. The topological polar surface area (TPSA) is 55.6 Å². The van der Waals surface area contributed by atoms with Crippen LogP contribution in [0.25, 0.3) is 0 Å². The Hall–Kier alpha value is -2.04. The van der Waals surface area contributed by atoms with E-state index >= 15 is 0 Å². The van der Waals surface area contributed by atoms with Crippen LogP contribution in [0.4, 0.5) is 5.69 Å². The molecule has 5 heteroatoms. The number of hydrogen-bond acceptors (Lipinski definition) is 3. The second-order valence-corrected chi connectivity index (χ2v) is 5.50. The first-order chi connectivity index (χ1) is 11.2. The van der Waals surface area contributed by atoms with Crippen molar-refractivity contribution >= 4 is 24.0 Å². The van der Waals surface area contributed by atoms with Gasteiger partial charge in [0, 0.05) is 5.69 Å². The summed E-state index contributed by atoms with van der Waals surface area (Å²) < 4.78 is 5.19. The minimum atomic E-state index is -0.481. The highest BCUT2D eigenvalue weighted by molar-refractivity contribution is 5.97. The molecule has 130 valence electrons. The molecule has 2 N–H and O–H groups in total. The van der Waals surface area contributed by atoms with Crippen LogP contribution >= 0.6 is 12.4 Å². The third kappa shape index (κ3) is 5.25. The van der Waals surface area contributed by atoms with E-state index in [1.54, 1.807) is 12.0 Å². The minimum Gasteiger partial charge on any atom is -0.497 e. The highest BCUT2D eigenvalue weighted by Crippen LogP contribution is 2.22. The summed E-state index contributed by atoms with van der Waals surface area (Å²) in [6, 6.07) is 16.9. The van der Waals surface area contributed by atoms with Gasteiger partial charge in [-0.3, -0.25) is 4.79 Å². The number of benzene rings is 2. The summed E-state index contributed by atoms with van der Waals surface area (Å²) in [5.74, 6) is 0.708. The zero-order valence-corrected chi connectivity index (χ0v) is 15.0. The first kappa shape index (κ1) is 20.0. The van der Waals surface area contributed by atoms with Crippen molar-refractivity contribution in [2.24, 2.45) is 5.73 Å². The van der Waals surface area contributed by atoms with Gasteiger partial charge in [0.05, 0.1) is 19.7 Å². The van der Waals surface area contributed by atoms with Crippen molar-refractivity contribution in [2.45, 2.75) is 32.4 Å². The third-order valence-electron chi connectivity index (χ3n) is 3.75. The molecular weight excluding hydrogens is 324 g/mol. The summed E-state index contributed by atoms with van der Waals surface area (Å²) in [5, 5.41) is 0. The molecule has 2 aromatic carbocycles. The molecule has 4 nitrogen and oxygen atoms in total. The summed E-state index contributed by atoms with van der Waals surface area (Å²) in [6.07, 6.45) is 1.56. The van der Waals surface area contributed by atoms with Crippen LogP contribution in [0.2, 0.25) is 0 Å². The molecule has 1 atom stereocenters. The lowest BCUT2D eigenvalue weighted by Gasteiger charge is -2.26. The molecule has 0 aliphatic carbocycles. The number of hydrogen-bond donors (Lipinski definition) is 1. The minimum absolute atomic E-state index is 0. The average molecular weight is 349 g/mol. The first-order valence-electron chi connectivity index (χ1n) is 7.90. The molecule has 0 aliphatic heterocycles. The normalized spacial score (nSPS) is 11.3. The van der Waals surface area contributed by atoms with E-state index in [0.29, 0.717) is 13.0 Å². The monoisotopic (exact) mass is 348 g/mol. The highest BCUT2D eigenvalue weighted by atomic mass is 35.5. The Bertz CT molecular complexity index is 617. The molecule has 1 unspecified atom stereocenters. The van der Waals surface area contributed by atoms with Crippen LogP contribution in [0.15, 0.2) is 54.6 Å². The lowest BCUT2D eigenvalue weighted by molar-refractivity contribution is -0.120. The van der Waals surface area contributed by atoms with Gasteiger partial charge < -0.3 is 15.4 Å². The number of carbonyl (C=O) groups is 1. The van der Waals surface area contributed by atoms with Crippen LogP contribution in [0.5, 0.6) is 5.75 Å². The van der Waals surface area contributed by atoms with Gasteiger partial charge in [0.25, 0.3) is 0 Å². The molecule has 0 saturated carbocycles. The van der Waals surface area contributed by atoms with Gasteiger partial charge in [0.2, 0.25) is 5.91 Å². The molecule has 0 saturated heterocycles. The Morgan fingerprint density at radius 1 is 1.12 bits per heavy atom. The number of nitrogens with zero attached hydrogens (tertiary/aromatic N) is 1. The Kier molecular flexibility index (Phi) is 8.30. The van der Waals surface area contributed by atoms with Crippen molar-refractivity contribution in [3.63, 3.8) is 0 Å². The van der Waals surface area contributed by atoms with Crippen molar-refractivity contribution in [3.05, 3.63) is 60.2 Å². The maximum Gasteiger partial charge on any atom is 0.244 e. The summed E-state index contributed by atoms with van der Waals surface area (Å²) in [4.78, 5) is 14.5. The number of halogens is 1. The van der Waals surface area contributed by atoms with E-state index in [1.807, 2.05) is 61.5 Å². The predicted octanol–water partition coefficient (Wildman–Crippen LogP) is 3.78. The Balaban J connectivity index is 0.00000288. The van der Waals surface area contributed by atoms with Crippen molar-refractivity contribution in [3.8, 4) is 5.75 Å².